The van der Waals surface area contributed by atoms with Crippen LogP contribution < -0.4 is 5.73 Å². The molecule has 3 heteroatoms. The minimum Gasteiger partial charge on any atom is -0.388 e. The maximum absolute atomic E-state index is 7.27. The molecule has 0 saturated carbocycles. The summed E-state index contributed by atoms with van der Waals surface area (Å²) >= 11 is 1.77. The van der Waals surface area contributed by atoms with E-state index in [4.69, 9.17) is 11.1 Å². The molecule has 0 radical (unpaired) electrons. The molecule has 3 N–H and O–H groups in total. The van der Waals surface area contributed by atoms with Gasteiger partial charge in [-0.2, -0.15) is 0 Å². The van der Waals surface area contributed by atoms with Gasteiger partial charge in [0.1, 0.15) is 0 Å². The second-order valence-corrected chi connectivity index (χ2v) is 6.94. The van der Waals surface area contributed by atoms with Crippen LogP contribution in [0.4, 0.5) is 0 Å². The molecule has 1 aromatic rings. The topological polar surface area (TPSA) is 49.9 Å². The Morgan fingerprint density at radius 1 is 1.29 bits per heavy atom. The molecule has 0 amide bonds. The zero-order valence-corrected chi connectivity index (χ0v) is 11.9. The van der Waals surface area contributed by atoms with Crippen molar-refractivity contribution in [2.75, 3.05) is 0 Å². The lowest BCUT2D eigenvalue weighted by atomic mass is 9.87. The average Bonchev–Trinajstić information content (AvgIpc) is 2.15. The number of amidine groups is 1. The van der Waals surface area contributed by atoms with Crippen molar-refractivity contribution in [1.29, 1.82) is 5.41 Å². The molecule has 1 unspecified atom stereocenters. The van der Waals surface area contributed by atoms with E-state index >= 15 is 0 Å². The van der Waals surface area contributed by atoms with Gasteiger partial charge in [0.15, 0.2) is 0 Å². The Balaban J connectivity index is 2.66. The van der Waals surface area contributed by atoms with Gasteiger partial charge in [-0.05, 0) is 23.1 Å². The number of thioether (sulfide) groups is 1. The zero-order valence-electron chi connectivity index (χ0n) is 11.1. The number of nitrogens with two attached hydrogens (primary N) is 1. The molecule has 94 valence electrons. The van der Waals surface area contributed by atoms with Crippen LogP contribution in [-0.4, -0.2) is 11.1 Å². The quantitative estimate of drug-likeness (QED) is 0.485. The van der Waals surface area contributed by atoms with Crippen LogP contribution in [-0.2, 0) is 5.41 Å². The fraction of sp³-hybridized carbons (Fsp3) is 0.500. The molecule has 0 heterocycles. The summed E-state index contributed by atoms with van der Waals surface area (Å²) < 4.78 is 0. The number of hydrogen-bond acceptors (Lipinski definition) is 2. The Labute approximate surface area is 108 Å². The summed E-state index contributed by atoms with van der Waals surface area (Å²) in [6.07, 6.45) is 0.645. The van der Waals surface area contributed by atoms with E-state index in [0.29, 0.717) is 11.7 Å². The summed E-state index contributed by atoms with van der Waals surface area (Å²) in [6.45, 7) is 8.75. The fourth-order valence-corrected chi connectivity index (χ4v) is 2.64. The van der Waals surface area contributed by atoms with Crippen LogP contribution in [0.5, 0.6) is 0 Å². The summed E-state index contributed by atoms with van der Waals surface area (Å²) in [7, 11) is 0. The standard InChI is InChI=1S/C14H22N2S/c1-10(9-13(15)16)17-12-7-5-11(6-8-12)14(2,3)4/h5-8,10H,9H2,1-4H3,(H3,15,16). The Kier molecular flexibility index (Phi) is 4.63. The lowest BCUT2D eigenvalue weighted by Gasteiger charge is -2.19. The summed E-state index contributed by atoms with van der Waals surface area (Å²) in [6, 6.07) is 8.68. The lowest BCUT2D eigenvalue weighted by molar-refractivity contribution is 0.590. The van der Waals surface area contributed by atoms with Crippen molar-refractivity contribution in [3.05, 3.63) is 29.8 Å². The van der Waals surface area contributed by atoms with Gasteiger partial charge in [0.05, 0.1) is 5.84 Å². The second-order valence-electron chi connectivity index (χ2n) is 5.43. The highest BCUT2D eigenvalue weighted by Crippen LogP contribution is 2.28. The van der Waals surface area contributed by atoms with Crippen LogP contribution in [0, 0.1) is 5.41 Å². The first-order chi connectivity index (χ1) is 7.79. The first kappa shape index (κ1) is 14.1. The van der Waals surface area contributed by atoms with Gasteiger partial charge < -0.3 is 5.73 Å². The van der Waals surface area contributed by atoms with E-state index in [9.17, 15) is 0 Å². The largest absolute Gasteiger partial charge is 0.388 e. The normalized spacial score (nSPS) is 13.4. The van der Waals surface area contributed by atoms with Crippen molar-refractivity contribution in [3.63, 3.8) is 0 Å². The smallest absolute Gasteiger partial charge is 0.0916 e. The number of benzene rings is 1. The Morgan fingerprint density at radius 3 is 2.24 bits per heavy atom. The first-order valence-electron chi connectivity index (χ1n) is 5.89. The van der Waals surface area contributed by atoms with Crippen LogP contribution in [0.2, 0.25) is 0 Å². The molecule has 0 fully saturated rings. The Bertz CT molecular complexity index is 376. The predicted molar refractivity (Wildman–Crippen MR) is 77.0 cm³/mol. The highest BCUT2D eigenvalue weighted by molar-refractivity contribution is 8.00. The predicted octanol–water partition coefficient (Wildman–Crippen LogP) is 3.79. The van der Waals surface area contributed by atoms with Crippen molar-refractivity contribution in [3.8, 4) is 0 Å². The molecule has 2 nitrogen and oxygen atoms in total. The molecule has 0 aromatic heterocycles. The van der Waals surface area contributed by atoms with Crippen molar-refractivity contribution >= 4 is 17.6 Å². The van der Waals surface area contributed by atoms with E-state index in [-0.39, 0.29) is 11.3 Å². The molecular weight excluding hydrogens is 228 g/mol. The number of rotatable bonds is 4. The SMILES string of the molecule is CC(CC(=N)N)Sc1ccc(C(C)(C)C)cc1. The van der Waals surface area contributed by atoms with Crippen molar-refractivity contribution in [2.24, 2.45) is 5.73 Å². The molecule has 1 atom stereocenters. The van der Waals surface area contributed by atoms with E-state index in [1.807, 2.05) is 0 Å². The van der Waals surface area contributed by atoms with Gasteiger partial charge in [0.25, 0.3) is 0 Å². The van der Waals surface area contributed by atoms with Crippen molar-refractivity contribution in [1.82, 2.24) is 0 Å². The third kappa shape index (κ3) is 4.82. The van der Waals surface area contributed by atoms with Gasteiger partial charge in [-0.15, -0.1) is 11.8 Å². The summed E-state index contributed by atoms with van der Waals surface area (Å²) in [5.74, 6) is 0.260. The van der Waals surface area contributed by atoms with Gasteiger partial charge in [-0.25, -0.2) is 0 Å². The molecule has 0 aliphatic rings. The van der Waals surface area contributed by atoms with Crippen molar-refractivity contribution in [2.45, 2.75) is 49.7 Å². The molecule has 0 aliphatic heterocycles. The van der Waals surface area contributed by atoms with Crippen LogP contribution in [0.15, 0.2) is 29.2 Å². The maximum atomic E-state index is 7.27. The van der Waals surface area contributed by atoms with Gasteiger partial charge in [-0.1, -0.05) is 39.8 Å². The molecule has 1 aromatic carbocycles. The summed E-state index contributed by atoms with van der Waals surface area (Å²) in [5.41, 5.74) is 6.95. The lowest BCUT2D eigenvalue weighted by Crippen LogP contribution is -2.15. The van der Waals surface area contributed by atoms with E-state index in [1.54, 1.807) is 11.8 Å². The van der Waals surface area contributed by atoms with E-state index < -0.39 is 0 Å². The molecule has 1 rings (SSSR count). The summed E-state index contributed by atoms with van der Waals surface area (Å²) in [4.78, 5) is 1.24. The number of nitrogens with one attached hydrogen (secondary N) is 1. The van der Waals surface area contributed by atoms with Gasteiger partial charge in [-0.3, -0.25) is 5.41 Å². The Hall–Kier alpha value is -0.960. The monoisotopic (exact) mass is 250 g/mol. The molecular formula is C14H22N2S. The highest BCUT2D eigenvalue weighted by atomic mass is 32.2. The summed E-state index contributed by atoms with van der Waals surface area (Å²) in [5, 5.41) is 7.63. The van der Waals surface area contributed by atoms with Crippen LogP contribution in [0.3, 0.4) is 0 Å². The average molecular weight is 250 g/mol. The van der Waals surface area contributed by atoms with E-state index in [1.165, 1.54) is 10.5 Å². The van der Waals surface area contributed by atoms with Gasteiger partial charge >= 0.3 is 0 Å². The van der Waals surface area contributed by atoms with E-state index in [2.05, 4.69) is 52.0 Å². The molecule has 0 spiro atoms. The van der Waals surface area contributed by atoms with Gasteiger partial charge in [0, 0.05) is 16.6 Å². The molecule has 0 saturated heterocycles. The van der Waals surface area contributed by atoms with Crippen LogP contribution >= 0.6 is 11.8 Å². The third-order valence-electron chi connectivity index (χ3n) is 2.56. The molecule has 17 heavy (non-hydrogen) atoms. The van der Waals surface area contributed by atoms with Gasteiger partial charge in [0.2, 0.25) is 0 Å². The minimum absolute atomic E-state index is 0.203. The fourth-order valence-electron chi connectivity index (χ4n) is 1.62. The van der Waals surface area contributed by atoms with Crippen LogP contribution in [0.25, 0.3) is 0 Å². The maximum Gasteiger partial charge on any atom is 0.0916 e. The third-order valence-corrected chi connectivity index (χ3v) is 3.68. The van der Waals surface area contributed by atoms with Crippen molar-refractivity contribution < 1.29 is 0 Å². The second kappa shape index (κ2) is 5.58. The number of hydrogen-bond donors (Lipinski definition) is 2. The molecule has 0 aliphatic carbocycles. The van der Waals surface area contributed by atoms with Crippen LogP contribution in [0.1, 0.15) is 39.7 Å². The van der Waals surface area contributed by atoms with E-state index in [0.717, 1.165) is 0 Å². The zero-order chi connectivity index (χ0) is 13.1. The first-order valence-corrected chi connectivity index (χ1v) is 6.77. The molecule has 0 bridgehead atoms. The minimum atomic E-state index is 0.203. The Morgan fingerprint density at radius 2 is 1.82 bits per heavy atom. The highest BCUT2D eigenvalue weighted by Gasteiger charge is 2.13.